The van der Waals surface area contributed by atoms with Gasteiger partial charge in [-0.2, -0.15) is 0 Å². The first-order valence-corrected chi connectivity index (χ1v) is 56.4. The van der Waals surface area contributed by atoms with Gasteiger partial charge in [-0.25, -0.2) is 79.7 Å². The number of carbonyl (C=O) groups is 3. The molecule has 26 heteroatoms. The van der Waals surface area contributed by atoms with E-state index in [1.807, 2.05) is 20.9 Å². The average molecular weight is 2060 g/mol. The van der Waals surface area contributed by atoms with Gasteiger partial charge in [-0.05, 0) is 198 Å². The standard InChI is InChI=1S/3C16H25N3O.3C13H20N2.C13H19NO.2C12H18N2O/c3*1-12(20)19-7-5-13(6-8-19)9-14-10-15(16(2,3)4)18-11-17-14;3*1-13(2,3)12-8-11(14-9-15-12)7-10-5-4-6-10;1-13(2,3)12-7-10(4-5-14-12)6-11-8-15-9-11;2*1-12(2,3)11-5-10(13-8-14-11)4-9-6-15-7-9/h3*10-11,13H,5-9H2,1-4H3;3*8-10H,4-7H2,1-3H3;4-5,7,11H,6,8-9H2,1-3H3;2*5,8-9H,4,6-7H2,1-3H3. The van der Waals surface area contributed by atoms with Crippen LogP contribution < -0.4 is 0 Å². The first-order valence-electron chi connectivity index (χ1n) is 56.4. The molecule has 9 aliphatic rings. The highest BCUT2D eigenvalue weighted by atomic mass is 16.5. The van der Waals surface area contributed by atoms with Crippen LogP contribution in [0.4, 0.5) is 0 Å². The lowest BCUT2D eigenvalue weighted by molar-refractivity contribution is -0.131. The first kappa shape index (κ1) is 122. The summed E-state index contributed by atoms with van der Waals surface area (Å²) in [5.74, 6) is 7.17. The molecule has 3 aliphatic carbocycles. The molecule has 0 aromatic carbocycles. The van der Waals surface area contributed by atoms with E-state index in [2.05, 4.69) is 332 Å². The van der Waals surface area contributed by atoms with Crippen LogP contribution in [0.5, 0.6) is 0 Å². The number of pyridine rings is 1. The smallest absolute Gasteiger partial charge is 0.219 e. The average Bonchev–Trinajstić information content (AvgIpc) is 0.866. The van der Waals surface area contributed by atoms with Crippen LogP contribution in [0, 0.1) is 53.3 Å². The fraction of sp³-hybridized carbons (Fsp3) is 0.677. The number of ether oxygens (including phenoxy) is 3. The monoisotopic (exact) mass is 2060 g/mol. The number of nitrogens with zero attached hydrogens (tertiary/aromatic N) is 20. The number of amides is 3. The Balaban J connectivity index is 0.000000173. The van der Waals surface area contributed by atoms with Gasteiger partial charge in [0, 0.05) is 230 Å². The van der Waals surface area contributed by atoms with Crippen LogP contribution >= 0.6 is 0 Å². The second-order valence-corrected chi connectivity index (χ2v) is 53.2. The Hall–Kier alpha value is -9.92. The predicted molar refractivity (Wildman–Crippen MR) is 602 cm³/mol. The van der Waals surface area contributed by atoms with E-state index in [0.29, 0.717) is 29.6 Å². The van der Waals surface area contributed by atoms with E-state index in [1.54, 1.807) is 71.4 Å². The summed E-state index contributed by atoms with van der Waals surface area (Å²) < 4.78 is 15.5. The zero-order chi connectivity index (χ0) is 110. The molecule has 6 saturated heterocycles. The maximum Gasteiger partial charge on any atom is 0.219 e. The van der Waals surface area contributed by atoms with Gasteiger partial charge in [-0.3, -0.25) is 19.4 Å². The van der Waals surface area contributed by atoms with Crippen molar-refractivity contribution >= 4 is 17.7 Å². The minimum atomic E-state index is 0.0652. The third-order valence-electron chi connectivity index (χ3n) is 30.0. The molecule has 26 nitrogen and oxygen atoms in total. The molecule has 9 aromatic heterocycles. The third-order valence-corrected chi connectivity index (χ3v) is 30.0. The van der Waals surface area contributed by atoms with Crippen LogP contribution in [0.25, 0.3) is 0 Å². The summed E-state index contributed by atoms with van der Waals surface area (Å²) in [6.45, 7) is 74.6. The van der Waals surface area contributed by atoms with E-state index in [9.17, 15) is 14.4 Å². The van der Waals surface area contributed by atoms with Crippen molar-refractivity contribution in [2.24, 2.45) is 53.3 Å². The van der Waals surface area contributed by atoms with Crippen molar-refractivity contribution < 1.29 is 28.6 Å². The predicted octanol–water partition coefficient (Wildman–Crippen LogP) is 23.6. The molecule has 0 atom stereocenters. The molecule has 3 saturated carbocycles. The number of hydrogen-bond acceptors (Lipinski definition) is 23. The van der Waals surface area contributed by atoms with Gasteiger partial charge in [0.2, 0.25) is 17.7 Å². The highest BCUT2D eigenvalue weighted by molar-refractivity contribution is 5.74. The SMILES string of the molecule is CC(=O)N1CCC(Cc2cc(C(C)(C)C)ncn2)CC1.CC(=O)N1CCC(Cc2cc(C(C)(C)C)ncn2)CC1.CC(=O)N1CCC(Cc2cc(C(C)(C)C)ncn2)CC1.CC(C)(C)c1cc(CC2CCC2)ncn1.CC(C)(C)c1cc(CC2CCC2)ncn1.CC(C)(C)c1cc(CC2CCC2)ncn1.CC(C)(C)c1cc(CC2COC2)ccn1.CC(C)(C)c1cc(CC2COC2)ncn1.CC(C)(C)c1cc(CC2COC2)ncn1. The number of likely N-dealkylation sites (tertiary alicyclic amines) is 3. The largest absolute Gasteiger partial charge is 0.381 e. The third kappa shape index (κ3) is 42.2. The van der Waals surface area contributed by atoms with E-state index in [0.717, 1.165) is 273 Å². The Labute approximate surface area is 902 Å². The molecular weight excluding hydrogens is 1870 g/mol. The summed E-state index contributed by atoms with van der Waals surface area (Å²) >= 11 is 0. The lowest BCUT2D eigenvalue weighted by atomic mass is 9.81. The second-order valence-electron chi connectivity index (χ2n) is 53.2. The van der Waals surface area contributed by atoms with Gasteiger partial charge in [0.1, 0.15) is 50.6 Å². The van der Waals surface area contributed by atoms with E-state index in [-0.39, 0.29) is 66.5 Å². The Morgan fingerprint density at radius 3 is 0.527 bits per heavy atom. The van der Waals surface area contributed by atoms with Crippen LogP contribution in [0.15, 0.2) is 117 Å². The minimum absolute atomic E-state index is 0.0652. The van der Waals surface area contributed by atoms with Crippen LogP contribution in [-0.4, -0.2) is 196 Å². The maximum absolute atomic E-state index is 11.3. The topological polar surface area (TPSA) is 308 Å². The Morgan fingerprint density at radius 2 is 0.380 bits per heavy atom. The number of aromatic nitrogens is 17. The molecule has 9 fully saturated rings. The number of hydrogen-bond donors (Lipinski definition) is 0. The number of rotatable bonds is 18. The van der Waals surface area contributed by atoms with Crippen molar-refractivity contribution in [2.75, 3.05) is 78.9 Å². The molecule has 0 bridgehead atoms. The normalized spacial score (nSPS) is 17.4. The van der Waals surface area contributed by atoms with E-state index in [1.165, 1.54) is 86.1 Å². The van der Waals surface area contributed by atoms with Crippen molar-refractivity contribution in [3.8, 4) is 0 Å². The van der Waals surface area contributed by atoms with Crippen LogP contribution in [-0.2, 0) is 135 Å². The minimum Gasteiger partial charge on any atom is -0.381 e. The van der Waals surface area contributed by atoms with Gasteiger partial charge in [-0.15, -0.1) is 0 Å². The molecule has 0 radical (unpaired) electrons. The molecule has 3 amide bonds. The molecular formula is C124H190N20O6. The van der Waals surface area contributed by atoms with Crippen molar-refractivity contribution in [1.82, 2.24) is 99.4 Å². The molecule has 15 heterocycles. The Bertz CT molecular complexity index is 4850. The molecule has 0 spiro atoms. The summed E-state index contributed by atoms with van der Waals surface area (Å²) in [5, 5.41) is 0. The Morgan fingerprint density at radius 1 is 0.220 bits per heavy atom. The van der Waals surface area contributed by atoms with Crippen LogP contribution in [0.2, 0.25) is 0 Å². The summed E-state index contributed by atoms with van der Waals surface area (Å²) in [7, 11) is 0. The van der Waals surface area contributed by atoms with Gasteiger partial charge in [-0.1, -0.05) is 245 Å². The van der Waals surface area contributed by atoms with E-state index < -0.39 is 0 Å². The summed E-state index contributed by atoms with van der Waals surface area (Å²) in [6.07, 6.45) is 44.1. The molecule has 0 N–H and O–H groups in total. The molecule has 822 valence electrons. The zero-order valence-electron chi connectivity index (χ0n) is 98.0. The van der Waals surface area contributed by atoms with E-state index >= 15 is 0 Å². The van der Waals surface area contributed by atoms with Crippen LogP contribution in [0.3, 0.4) is 0 Å². The second kappa shape index (κ2) is 55.8. The molecule has 6 aliphatic heterocycles. The summed E-state index contributed by atoms with van der Waals surface area (Å²) in [4.78, 5) is 114. The van der Waals surface area contributed by atoms with Gasteiger partial charge in [0.25, 0.3) is 0 Å². The first-order chi connectivity index (χ1) is 70.4. The maximum atomic E-state index is 11.3. The van der Waals surface area contributed by atoms with Gasteiger partial charge >= 0.3 is 0 Å². The van der Waals surface area contributed by atoms with Crippen molar-refractivity contribution in [1.29, 1.82) is 0 Å². The lowest BCUT2D eigenvalue weighted by Gasteiger charge is -2.31. The van der Waals surface area contributed by atoms with Gasteiger partial charge < -0.3 is 28.9 Å². The van der Waals surface area contributed by atoms with Gasteiger partial charge in [0.15, 0.2) is 0 Å². The number of piperidine rings is 3. The highest BCUT2D eigenvalue weighted by Gasteiger charge is 2.33. The molecule has 0 unspecified atom stereocenters. The van der Waals surface area contributed by atoms with Crippen molar-refractivity contribution in [3.05, 3.63) is 220 Å². The number of carbonyl (C=O) groups excluding carboxylic acids is 3. The lowest BCUT2D eigenvalue weighted by Crippen LogP contribution is -2.37. The van der Waals surface area contributed by atoms with E-state index in [4.69, 9.17) is 14.2 Å². The molecule has 150 heavy (non-hydrogen) atoms. The fourth-order valence-corrected chi connectivity index (χ4v) is 18.7. The van der Waals surface area contributed by atoms with Gasteiger partial charge in [0.05, 0.1) is 39.6 Å². The molecule has 18 rings (SSSR count). The summed E-state index contributed by atoms with van der Waals surface area (Å²) in [5.41, 5.74) is 21.9. The Kier molecular flexibility index (Phi) is 45.3. The zero-order valence-corrected chi connectivity index (χ0v) is 98.0. The van der Waals surface area contributed by atoms with Crippen molar-refractivity contribution in [2.45, 2.75) is 411 Å². The van der Waals surface area contributed by atoms with Crippen LogP contribution in [0.1, 0.15) is 406 Å². The fourth-order valence-electron chi connectivity index (χ4n) is 18.7. The highest BCUT2D eigenvalue weighted by Crippen LogP contribution is 2.37. The van der Waals surface area contributed by atoms with Crippen molar-refractivity contribution in [3.63, 3.8) is 0 Å². The molecule has 9 aromatic rings. The quantitative estimate of drug-likeness (QED) is 0.0770. The summed E-state index contributed by atoms with van der Waals surface area (Å²) in [6, 6.07) is 21.5.